The van der Waals surface area contributed by atoms with Crippen LogP contribution in [0.15, 0.2) is 0 Å². The maximum absolute atomic E-state index is 13.1. The molecule has 0 bridgehead atoms. The second kappa shape index (κ2) is 3.91. The third-order valence-electron chi connectivity index (χ3n) is 3.65. The summed E-state index contributed by atoms with van der Waals surface area (Å²) in [5.74, 6) is -3.27. The minimum absolute atomic E-state index is 0.110. The van der Waals surface area contributed by atoms with E-state index in [1.807, 2.05) is 0 Å². The molecule has 0 saturated heterocycles. The SMILES string of the molecule is CS(=O)(=O)OCC1CCC2C(CC1)C2(F)F. The van der Waals surface area contributed by atoms with Gasteiger partial charge in [0.2, 0.25) is 0 Å². The number of fused-ring (bicyclic) bond motifs is 1. The van der Waals surface area contributed by atoms with Gasteiger partial charge in [0.25, 0.3) is 16.0 Å². The zero-order valence-electron chi connectivity index (χ0n) is 9.16. The Morgan fingerprint density at radius 3 is 2.12 bits per heavy atom. The molecule has 0 amide bonds. The van der Waals surface area contributed by atoms with E-state index >= 15 is 0 Å². The first-order chi connectivity index (χ1) is 7.31. The molecule has 2 fully saturated rings. The molecule has 2 aliphatic rings. The van der Waals surface area contributed by atoms with Gasteiger partial charge in [0.1, 0.15) is 0 Å². The molecule has 3 nitrogen and oxygen atoms in total. The quantitative estimate of drug-likeness (QED) is 0.724. The molecule has 2 aliphatic carbocycles. The van der Waals surface area contributed by atoms with Gasteiger partial charge in [-0.2, -0.15) is 8.42 Å². The molecular formula is C10H16F2O3S. The number of alkyl halides is 2. The van der Waals surface area contributed by atoms with E-state index in [2.05, 4.69) is 0 Å². The first kappa shape index (κ1) is 12.2. The van der Waals surface area contributed by atoms with Gasteiger partial charge < -0.3 is 0 Å². The molecule has 2 unspecified atom stereocenters. The molecule has 6 heteroatoms. The van der Waals surface area contributed by atoms with Crippen LogP contribution in [0.2, 0.25) is 0 Å². The van der Waals surface area contributed by atoms with Crippen LogP contribution in [0.3, 0.4) is 0 Å². The van der Waals surface area contributed by atoms with E-state index in [1.165, 1.54) is 0 Å². The van der Waals surface area contributed by atoms with Crippen LogP contribution < -0.4 is 0 Å². The predicted octanol–water partition coefficient (Wildman–Crippen LogP) is 2.03. The Morgan fingerprint density at radius 1 is 1.19 bits per heavy atom. The topological polar surface area (TPSA) is 43.4 Å². The Bertz CT molecular complexity index is 350. The summed E-state index contributed by atoms with van der Waals surface area (Å²) in [5, 5.41) is 0. The zero-order valence-corrected chi connectivity index (χ0v) is 9.97. The standard InChI is InChI=1S/C10H16F2O3S/c1-16(13,14)15-6-7-2-4-8-9(5-3-7)10(8,11)12/h7-9H,2-6H2,1H3. The van der Waals surface area contributed by atoms with E-state index in [-0.39, 0.29) is 12.5 Å². The molecule has 0 aliphatic heterocycles. The Labute approximate surface area is 94.3 Å². The van der Waals surface area contributed by atoms with Gasteiger partial charge in [-0.25, -0.2) is 8.78 Å². The van der Waals surface area contributed by atoms with Crippen molar-refractivity contribution < 1.29 is 21.4 Å². The maximum Gasteiger partial charge on any atom is 0.264 e. The Hall–Kier alpha value is -0.230. The molecule has 2 atom stereocenters. The first-order valence-electron chi connectivity index (χ1n) is 5.53. The van der Waals surface area contributed by atoms with Gasteiger partial charge in [0, 0.05) is 11.8 Å². The van der Waals surface area contributed by atoms with E-state index in [4.69, 9.17) is 4.18 Å². The zero-order chi connectivity index (χ0) is 12.0. The van der Waals surface area contributed by atoms with E-state index < -0.39 is 27.9 Å². The Morgan fingerprint density at radius 2 is 1.69 bits per heavy atom. The third kappa shape index (κ3) is 2.53. The highest BCUT2D eigenvalue weighted by molar-refractivity contribution is 7.85. The molecule has 2 rings (SSSR count). The molecule has 2 saturated carbocycles. The van der Waals surface area contributed by atoms with Gasteiger partial charge in [-0.3, -0.25) is 4.18 Å². The lowest BCUT2D eigenvalue weighted by atomic mass is 9.99. The van der Waals surface area contributed by atoms with Crippen LogP contribution in [-0.4, -0.2) is 27.2 Å². The van der Waals surface area contributed by atoms with Crippen LogP contribution in [0.25, 0.3) is 0 Å². The lowest BCUT2D eigenvalue weighted by Crippen LogP contribution is -2.14. The van der Waals surface area contributed by atoms with Crippen molar-refractivity contribution in [1.29, 1.82) is 0 Å². The predicted molar refractivity (Wildman–Crippen MR) is 54.7 cm³/mol. The highest BCUT2D eigenvalue weighted by atomic mass is 32.2. The van der Waals surface area contributed by atoms with Crippen LogP contribution in [0.5, 0.6) is 0 Å². The number of hydrogen-bond donors (Lipinski definition) is 0. The fourth-order valence-corrected chi connectivity index (χ4v) is 3.05. The lowest BCUT2D eigenvalue weighted by molar-refractivity contribution is 0.0733. The largest absolute Gasteiger partial charge is 0.270 e. The maximum atomic E-state index is 13.1. The van der Waals surface area contributed by atoms with E-state index in [9.17, 15) is 17.2 Å². The summed E-state index contributed by atoms with van der Waals surface area (Å²) in [5.41, 5.74) is 0. The summed E-state index contributed by atoms with van der Waals surface area (Å²) in [6.45, 7) is 0.143. The molecule has 0 aromatic rings. The second-order valence-electron chi connectivity index (χ2n) is 4.90. The Balaban J connectivity index is 1.80. The first-order valence-corrected chi connectivity index (χ1v) is 7.34. The summed E-state index contributed by atoms with van der Waals surface area (Å²) in [4.78, 5) is 0. The van der Waals surface area contributed by atoms with E-state index in [0.29, 0.717) is 25.7 Å². The smallest absolute Gasteiger partial charge is 0.264 e. The van der Waals surface area contributed by atoms with Gasteiger partial charge in [-0.05, 0) is 31.6 Å². The number of hydrogen-bond acceptors (Lipinski definition) is 3. The average Bonchev–Trinajstić information content (AvgIpc) is 2.74. The van der Waals surface area contributed by atoms with Crippen molar-refractivity contribution in [3.63, 3.8) is 0 Å². The van der Waals surface area contributed by atoms with Gasteiger partial charge >= 0.3 is 0 Å². The van der Waals surface area contributed by atoms with E-state index in [0.717, 1.165) is 6.26 Å². The summed E-state index contributed by atoms with van der Waals surface area (Å²) in [6.07, 6.45) is 3.29. The third-order valence-corrected chi connectivity index (χ3v) is 4.22. The van der Waals surface area contributed by atoms with Crippen LogP contribution in [0.1, 0.15) is 25.7 Å². The van der Waals surface area contributed by atoms with Gasteiger partial charge in [-0.15, -0.1) is 0 Å². The van der Waals surface area contributed by atoms with Crippen molar-refractivity contribution in [2.75, 3.05) is 12.9 Å². The molecule has 0 heterocycles. The van der Waals surface area contributed by atoms with Crippen molar-refractivity contribution in [3.8, 4) is 0 Å². The van der Waals surface area contributed by atoms with Crippen LogP contribution >= 0.6 is 0 Å². The highest BCUT2D eigenvalue weighted by Crippen LogP contribution is 2.61. The summed E-state index contributed by atoms with van der Waals surface area (Å²) >= 11 is 0. The molecule has 16 heavy (non-hydrogen) atoms. The molecule has 0 spiro atoms. The minimum atomic E-state index is -3.41. The summed E-state index contributed by atoms with van der Waals surface area (Å²) < 4.78 is 52.4. The van der Waals surface area contributed by atoms with E-state index in [1.54, 1.807) is 0 Å². The molecular weight excluding hydrogens is 238 g/mol. The summed E-state index contributed by atoms with van der Waals surface area (Å²) in [7, 11) is -3.41. The molecule has 0 radical (unpaired) electrons. The lowest BCUT2D eigenvalue weighted by Gasteiger charge is -2.14. The molecule has 0 N–H and O–H groups in total. The van der Waals surface area contributed by atoms with Crippen molar-refractivity contribution in [2.45, 2.75) is 31.6 Å². The van der Waals surface area contributed by atoms with Crippen molar-refractivity contribution in [1.82, 2.24) is 0 Å². The van der Waals surface area contributed by atoms with Crippen molar-refractivity contribution in [2.24, 2.45) is 17.8 Å². The fraction of sp³-hybridized carbons (Fsp3) is 1.00. The second-order valence-corrected chi connectivity index (χ2v) is 6.54. The van der Waals surface area contributed by atoms with Crippen molar-refractivity contribution >= 4 is 10.1 Å². The molecule has 0 aromatic carbocycles. The van der Waals surface area contributed by atoms with Gasteiger partial charge in [0.15, 0.2) is 0 Å². The normalized spacial score (nSPS) is 37.6. The molecule has 0 aromatic heterocycles. The number of rotatable bonds is 3. The fourth-order valence-electron chi connectivity index (χ4n) is 2.61. The van der Waals surface area contributed by atoms with Crippen LogP contribution in [-0.2, 0) is 14.3 Å². The Kier molecular flexibility index (Phi) is 2.99. The van der Waals surface area contributed by atoms with Crippen LogP contribution in [0.4, 0.5) is 8.78 Å². The van der Waals surface area contributed by atoms with Crippen LogP contribution in [0, 0.1) is 17.8 Å². The van der Waals surface area contributed by atoms with Gasteiger partial charge in [0.05, 0.1) is 12.9 Å². The van der Waals surface area contributed by atoms with Gasteiger partial charge in [-0.1, -0.05) is 0 Å². The van der Waals surface area contributed by atoms with Crippen molar-refractivity contribution in [3.05, 3.63) is 0 Å². The summed E-state index contributed by atoms with van der Waals surface area (Å²) in [6, 6.07) is 0. The highest BCUT2D eigenvalue weighted by Gasteiger charge is 2.67. The minimum Gasteiger partial charge on any atom is -0.270 e. The average molecular weight is 254 g/mol. The number of halogens is 2. The molecule has 94 valence electrons. The monoisotopic (exact) mass is 254 g/mol.